The molecule has 0 radical (unpaired) electrons. The zero-order valence-electron chi connectivity index (χ0n) is 16.0. The molecular weight excluding hydrogens is 354 g/mol. The Hall–Kier alpha value is -2.89. The zero-order chi connectivity index (χ0) is 19.7. The van der Waals surface area contributed by atoms with Crippen LogP contribution in [0.4, 0.5) is 4.79 Å². The fourth-order valence-corrected chi connectivity index (χ4v) is 4.43. The lowest BCUT2D eigenvalue weighted by Crippen LogP contribution is -2.44. The summed E-state index contributed by atoms with van der Waals surface area (Å²) in [5.74, 6) is -0.349. The third-order valence-corrected chi connectivity index (χ3v) is 5.93. The third-order valence-electron chi connectivity index (χ3n) is 5.93. The van der Waals surface area contributed by atoms with Crippen molar-refractivity contribution in [3.63, 3.8) is 0 Å². The maximum Gasteiger partial charge on any atom is 0.325 e. The molecule has 0 aromatic heterocycles. The second-order valence-electron chi connectivity index (χ2n) is 7.78. The summed E-state index contributed by atoms with van der Waals surface area (Å²) in [6, 6.07) is 13.6. The van der Waals surface area contributed by atoms with Gasteiger partial charge in [-0.25, -0.2) is 4.79 Å². The van der Waals surface area contributed by atoms with Gasteiger partial charge in [0.25, 0.3) is 5.91 Å². The number of carbonyl (C=O) groups excluding carboxylic acids is 3. The average Bonchev–Trinajstić information content (AvgIpc) is 3.25. The minimum Gasteiger partial charge on any atom is -0.350 e. The summed E-state index contributed by atoms with van der Waals surface area (Å²) in [5.41, 5.74) is 0.329. The van der Waals surface area contributed by atoms with E-state index in [1.54, 1.807) is 0 Å². The van der Waals surface area contributed by atoms with E-state index >= 15 is 0 Å². The molecule has 6 nitrogen and oxygen atoms in total. The molecule has 4 rings (SSSR count). The molecule has 146 valence electrons. The van der Waals surface area contributed by atoms with E-state index in [1.807, 2.05) is 49.4 Å². The topological polar surface area (TPSA) is 78.5 Å². The van der Waals surface area contributed by atoms with Crippen LogP contribution in [-0.2, 0) is 9.59 Å². The Morgan fingerprint density at radius 1 is 1.14 bits per heavy atom. The van der Waals surface area contributed by atoms with E-state index in [4.69, 9.17) is 0 Å². The maximum atomic E-state index is 12.7. The van der Waals surface area contributed by atoms with E-state index < -0.39 is 5.54 Å². The minimum absolute atomic E-state index is 0.102. The van der Waals surface area contributed by atoms with Crippen molar-refractivity contribution in [2.75, 3.05) is 6.54 Å². The number of hydrogen-bond donors (Lipinski definition) is 2. The van der Waals surface area contributed by atoms with Crippen LogP contribution in [0.5, 0.6) is 0 Å². The summed E-state index contributed by atoms with van der Waals surface area (Å²) in [6.07, 6.45) is 3.38. The molecule has 1 heterocycles. The van der Waals surface area contributed by atoms with Crippen LogP contribution in [0.2, 0.25) is 0 Å². The molecule has 2 fully saturated rings. The first-order valence-corrected chi connectivity index (χ1v) is 9.91. The highest BCUT2D eigenvalue weighted by molar-refractivity contribution is 6.07. The fourth-order valence-electron chi connectivity index (χ4n) is 4.43. The van der Waals surface area contributed by atoms with Crippen molar-refractivity contribution in [3.05, 3.63) is 48.0 Å². The van der Waals surface area contributed by atoms with Crippen LogP contribution >= 0.6 is 0 Å². The van der Waals surface area contributed by atoms with Crippen molar-refractivity contribution in [2.24, 2.45) is 0 Å². The van der Waals surface area contributed by atoms with Crippen molar-refractivity contribution in [1.82, 2.24) is 15.5 Å². The summed E-state index contributed by atoms with van der Waals surface area (Å²) < 4.78 is 0. The van der Waals surface area contributed by atoms with Gasteiger partial charge in [-0.1, -0.05) is 55.3 Å². The molecule has 1 saturated carbocycles. The number of hydrogen-bond acceptors (Lipinski definition) is 3. The summed E-state index contributed by atoms with van der Waals surface area (Å²) in [7, 11) is 0. The van der Waals surface area contributed by atoms with Crippen molar-refractivity contribution in [1.29, 1.82) is 0 Å². The molecule has 1 saturated heterocycles. The molecule has 2 N–H and O–H groups in total. The number of carbonyl (C=O) groups is 3. The maximum absolute atomic E-state index is 12.7. The largest absolute Gasteiger partial charge is 0.350 e. The minimum atomic E-state index is -0.718. The van der Waals surface area contributed by atoms with Crippen molar-refractivity contribution < 1.29 is 14.4 Å². The van der Waals surface area contributed by atoms with E-state index in [2.05, 4.69) is 10.6 Å². The van der Waals surface area contributed by atoms with E-state index in [1.165, 1.54) is 4.90 Å². The lowest BCUT2D eigenvalue weighted by Gasteiger charge is -2.20. The van der Waals surface area contributed by atoms with Crippen LogP contribution in [0.25, 0.3) is 10.8 Å². The number of amides is 4. The monoisotopic (exact) mass is 379 g/mol. The quantitative estimate of drug-likeness (QED) is 0.783. The average molecular weight is 379 g/mol. The first-order valence-electron chi connectivity index (χ1n) is 9.91. The Balaban J connectivity index is 1.38. The van der Waals surface area contributed by atoms with Crippen LogP contribution in [-0.4, -0.2) is 34.8 Å². The highest BCUT2D eigenvalue weighted by Gasteiger charge is 2.52. The van der Waals surface area contributed by atoms with Gasteiger partial charge in [-0.3, -0.25) is 14.5 Å². The third kappa shape index (κ3) is 3.23. The Bertz CT molecular complexity index is 928. The number of nitrogens with zero attached hydrogens (tertiary/aromatic N) is 1. The van der Waals surface area contributed by atoms with Gasteiger partial charge < -0.3 is 10.6 Å². The van der Waals surface area contributed by atoms with E-state index in [0.717, 1.165) is 29.2 Å². The molecule has 2 aromatic carbocycles. The highest BCUT2D eigenvalue weighted by atomic mass is 16.2. The molecule has 28 heavy (non-hydrogen) atoms. The molecule has 0 unspecified atom stereocenters. The number of fused-ring (bicyclic) bond motifs is 1. The lowest BCUT2D eigenvalue weighted by molar-refractivity contribution is -0.131. The van der Waals surface area contributed by atoms with Crippen LogP contribution in [0.15, 0.2) is 42.5 Å². The number of urea groups is 1. The molecule has 4 amide bonds. The van der Waals surface area contributed by atoms with Gasteiger partial charge in [0, 0.05) is 13.0 Å². The SMILES string of the molecule is C[C@@H](NC(=O)CCN1C(=O)NC2(CCCC2)C1=O)c1cccc2ccccc12. The number of imide groups is 1. The molecule has 1 spiro atoms. The number of nitrogens with one attached hydrogen (secondary N) is 2. The van der Waals surface area contributed by atoms with Gasteiger partial charge in [0.1, 0.15) is 5.54 Å². The van der Waals surface area contributed by atoms with E-state index in [-0.39, 0.29) is 36.9 Å². The molecular formula is C22H25N3O3. The number of rotatable bonds is 5. The van der Waals surface area contributed by atoms with Crippen molar-refractivity contribution in [3.8, 4) is 0 Å². The first kappa shape index (κ1) is 18.5. The van der Waals surface area contributed by atoms with E-state index in [9.17, 15) is 14.4 Å². The molecule has 1 atom stereocenters. The Morgan fingerprint density at radius 3 is 2.64 bits per heavy atom. The molecule has 2 aromatic rings. The van der Waals surface area contributed by atoms with Gasteiger partial charge in [-0.05, 0) is 36.1 Å². The summed E-state index contributed by atoms with van der Waals surface area (Å²) in [5, 5.41) is 8.07. The number of benzene rings is 2. The smallest absolute Gasteiger partial charge is 0.325 e. The molecule has 0 bridgehead atoms. The standard InChI is InChI=1S/C22H25N3O3/c1-15(17-10-6-8-16-7-2-3-9-18(16)17)23-19(26)11-14-25-20(27)22(24-21(25)28)12-4-5-13-22/h2-3,6-10,15H,4-5,11-14H2,1H3,(H,23,26)(H,24,28)/t15-/m1/s1. The van der Waals surface area contributed by atoms with Crippen molar-refractivity contribution >= 4 is 28.6 Å². The van der Waals surface area contributed by atoms with Gasteiger partial charge in [-0.2, -0.15) is 0 Å². The van der Waals surface area contributed by atoms with E-state index in [0.29, 0.717) is 12.8 Å². The molecule has 6 heteroatoms. The summed E-state index contributed by atoms with van der Waals surface area (Å²) in [6.45, 7) is 2.06. The van der Waals surface area contributed by atoms with Gasteiger partial charge in [0.15, 0.2) is 0 Å². The van der Waals surface area contributed by atoms with Crippen LogP contribution in [0.1, 0.15) is 50.6 Å². The summed E-state index contributed by atoms with van der Waals surface area (Å²) >= 11 is 0. The predicted molar refractivity (Wildman–Crippen MR) is 107 cm³/mol. The Kier molecular flexibility index (Phi) is 4.79. The van der Waals surface area contributed by atoms with Crippen LogP contribution in [0, 0.1) is 0 Å². The normalized spacial score (nSPS) is 19.2. The Morgan fingerprint density at radius 2 is 1.86 bits per heavy atom. The Labute approximate surface area is 164 Å². The second kappa shape index (κ2) is 7.26. The van der Waals surface area contributed by atoms with Gasteiger partial charge in [0.05, 0.1) is 6.04 Å². The first-order chi connectivity index (χ1) is 13.5. The lowest BCUT2D eigenvalue weighted by atomic mass is 9.98. The van der Waals surface area contributed by atoms with Crippen molar-refractivity contribution in [2.45, 2.75) is 50.6 Å². The molecule has 2 aliphatic rings. The van der Waals surface area contributed by atoms with Gasteiger partial charge in [0.2, 0.25) is 5.91 Å². The fraction of sp³-hybridized carbons (Fsp3) is 0.409. The second-order valence-corrected chi connectivity index (χ2v) is 7.78. The van der Waals surface area contributed by atoms with Crippen LogP contribution in [0.3, 0.4) is 0 Å². The van der Waals surface area contributed by atoms with Crippen LogP contribution < -0.4 is 10.6 Å². The van der Waals surface area contributed by atoms with Gasteiger partial charge in [-0.15, -0.1) is 0 Å². The molecule has 1 aliphatic heterocycles. The summed E-state index contributed by atoms with van der Waals surface area (Å²) in [4.78, 5) is 38.5. The predicted octanol–water partition coefficient (Wildman–Crippen LogP) is 3.27. The highest BCUT2D eigenvalue weighted by Crippen LogP contribution is 2.35. The molecule has 1 aliphatic carbocycles. The zero-order valence-corrected chi connectivity index (χ0v) is 16.0. The van der Waals surface area contributed by atoms with Gasteiger partial charge >= 0.3 is 6.03 Å².